The molecule has 0 radical (unpaired) electrons. The van der Waals surface area contributed by atoms with E-state index in [9.17, 15) is 30.8 Å². The molecule has 0 spiro atoms. The fourth-order valence-electron chi connectivity index (χ4n) is 6.59. The average molecular weight is 595 g/mol. The van der Waals surface area contributed by atoms with Gasteiger partial charge in [-0.15, -0.1) is 4.40 Å². The Bertz CT molecular complexity index is 1680. The number of benzene rings is 2. The monoisotopic (exact) mass is 594 g/mol. The summed E-state index contributed by atoms with van der Waals surface area (Å²) in [5.41, 5.74) is 0.692. The van der Waals surface area contributed by atoms with Gasteiger partial charge in [-0.25, -0.2) is 12.8 Å². The molecular formula is C25H24ClFN4O6S2. The standard InChI is InChI=1S/C25H24ClFN4O6S2/c1-38(34,35)29-15-5-7-18-19(10-15)39(36,37)30-24(28-18)21-23(32)20-13-3-4-14(9-13)22(20)31(25(21)33)11-12-2-6-17(27)16(26)8-12/h2,5-8,10,13-14,20-22,29H,3-4,9,11H2,1H3,(H,28,30)/t13-,14+,20+,21?,22-/m0/s1. The van der Waals surface area contributed by atoms with Gasteiger partial charge in [0.25, 0.3) is 10.0 Å². The van der Waals surface area contributed by atoms with Gasteiger partial charge in [-0.2, -0.15) is 8.42 Å². The molecule has 39 heavy (non-hydrogen) atoms. The number of piperidine rings is 1. The summed E-state index contributed by atoms with van der Waals surface area (Å²) in [6.07, 6.45) is 3.48. The number of halogens is 2. The Hall–Kier alpha value is -3.03. The third-order valence-electron chi connectivity index (χ3n) is 8.03. The van der Waals surface area contributed by atoms with Crippen molar-refractivity contribution in [2.45, 2.75) is 36.7 Å². The van der Waals surface area contributed by atoms with E-state index >= 15 is 0 Å². The largest absolute Gasteiger partial charge is 0.341 e. The Morgan fingerprint density at radius 1 is 1.15 bits per heavy atom. The third-order valence-corrected chi connectivity index (χ3v) is 10.3. The molecule has 10 nitrogen and oxygen atoms in total. The van der Waals surface area contributed by atoms with Crippen molar-refractivity contribution in [3.63, 3.8) is 0 Å². The Labute approximate surface area is 229 Å². The Morgan fingerprint density at radius 3 is 2.62 bits per heavy atom. The minimum atomic E-state index is -4.38. The van der Waals surface area contributed by atoms with Gasteiger partial charge in [0.15, 0.2) is 11.7 Å². The van der Waals surface area contributed by atoms with E-state index in [1.54, 1.807) is 4.90 Å². The molecule has 14 heteroatoms. The first-order valence-corrected chi connectivity index (χ1v) is 16.1. The van der Waals surface area contributed by atoms with Crippen LogP contribution in [0.15, 0.2) is 45.7 Å². The number of rotatable bonds is 5. The summed E-state index contributed by atoms with van der Waals surface area (Å²) in [4.78, 5) is 29.1. The molecule has 2 N–H and O–H groups in total. The highest BCUT2D eigenvalue weighted by molar-refractivity contribution is 7.92. The number of Topliss-reactive ketones (excluding diaryl/α,β-unsaturated/α-hetero) is 1. The van der Waals surface area contributed by atoms with Crippen LogP contribution in [0.25, 0.3) is 0 Å². The maximum atomic E-state index is 13.9. The van der Waals surface area contributed by atoms with Crippen molar-refractivity contribution in [2.24, 2.45) is 28.1 Å². The predicted octanol–water partition coefficient (Wildman–Crippen LogP) is 3.01. The van der Waals surface area contributed by atoms with Crippen molar-refractivity contribution in [3.05, 3.63) is 52.8 Å². The second-order valence-corrected chi connectivity index (χ2v) is 14.3. The normalized spacial score (nSPS) is 28.9. The average Bonchev–Trinajstić information content (AvgIpc) is 3.46. The summed E-state index contributed by atoms with van der Waals surface area (Å²) in [6.45, 7) is 0.0874. The van der Waals surface area contributed by atoms with E-state index in [4.69, 9.17) is 11.6 Å². The van der Waals surface area contributed by atoms with E-state index < -0.39 is 43.6 Å². The zero-order valence-electron chi connectivity index (χ0n) is 20.6. The van der Waals surface area contributed by atoms with E-state index in [0.717, 1.165) is 31.6 Å². The van der Waals surface area contributed by atoms with E-state index in [1.807, 2.05) is 0 Å². The minimum Gasteiger partial charge on any atom is -0.341 e. The minimum absolute atomic E-state index is 0.0269. The fourth-order valence-corrected chi connectivity index (χ4v) is 8.53. The van der Waals surface area contributed by atoms with Crippen LogP contribution in [0.2, 0.25) is 5.02 Å². The zero-order chi connectivity index (χ0) is 27.9. The Balaban J connectivity index is 1.38. The number of carbonyl (C=O) groups excluding carboxylic acids is 2. The number of nitrogens with one attached hydrogen (secondary N) is 2. The van der Waals surface area contributed by atoms with Crippen LogP contribution in [0.5, 0.6) is 0 Å². The number of anilines is 2. The van der Waals surface area contributed by atoms with E-state index in [0.29, 0.717) is 5.56 Å². The van der Waals surface area contributed by atoms with Crippen molar-refractivity contribution in [1.82, 2.24) is 4.90 Å². The summed E-state index contributed by atoms with van der Waals surface area (Å²) >= 11 is 5.98. The SMILES string of the molecule is CS(=O)(=O)Nc1ccc2c(c1)S(=O)(=O)N=C(C1C(=O)[C@@H]3[C@H]4CC[C@H](C4)[C@@H]3N(Cc3ccc(F)c(Cl)c3)C1=O)N2. The van der Waals surface area contributed by atoms with Gasteiger partial charge in [-0.1, -0.05) is 17.7 Å². The smallest absolute Gasteiger partial charge is 0.286 e. The maximum Gasteiger partial charge on any atom is 0.286 e. The molecule has 2 saturated carbocycles. The van der Waals surface area contributed by atoms with E-state index in [2.05, 4.69) is 14.4 Å². The van der Waals surface area contributed by atoms with Crippen molar-refractivity contribution in [3.8, 4) is 0 Å². The van der Waals surface area contributed by atoms with Gasteiger partial charge < -0.3 is 10.2 Å². The van der Waals surface area contributed by atoms with Gasteiger partial charge in [-0.05, 0) is 67.0 Å². The van der Waals surface area contributed by atoms with Crippen LogP contribution in [0.4, 0.5) is 15.8 Å². The van der Waals surface area contributed by atoms with E-state index in [1.165, 1.54) is 30.3 Å². The topological polar surface area (TPSA) is 142 Å². The number of nitrogens with zero attached hydrogens (tertiary/aromatic N) is 2. The highest BCUT2D eigenvalue weighted by atomic mass is 35.5. The lowest BCUT2D eigenvalue weighted by Gasteiger charge is -2.45. The number of fused-ring (bicyclic) bond motifs is 6. The van der Waals surface area contributed by atoms with Crippen molar-refractivity contribution in [2.75, 3.05) is 16.3 Å². The first-order chi connectivity index (χ1) is 18.3. The van der Waals surface area contributed by atoms with Crippen molar-refractivity contribution in [1.29, 1.82) is 0 Å². The lowest BCUT2D eigenvalue weighted by Crippen LogP contribution is -2.61. The second kappa shape index (κ2) is 9.00. The fraction of sp³-hybridized carbons (Fsp3) is 0.400. The van der Waals surface area contributed by atoms with Crippen molar-refractivity contribution < 1.29 is 30.8 Å². The lowest BCUT2D eigenvalue weighted by atomic mass is 9.73. The van der Waals surface area contributed by atoms with Crippen LogP contribution in [-0.2, 0) is 36.2 Å². The molecule has 3 fully saturated rings. The predicted molar refractivity (Wildman–Crippen MR) is 142 cm³/mol. The summed E-state index contributed by atoms with van der Waals surface area (Å²) in [7, 11) is -8.03. The molecule has 2 heterocycles. The number of amidine groups is 1. The molecule has 2 aromatic carbocycles. The number of likely N-dealkylation sites (tertiary alicyclic amines) is 1. The summed E-state index contributed by atoms with van der Waals surface area (Å²) in [5, 5.41) is 2.77. The van der Waals surface area contributed by atoms with Gasteiger partial charge in [0, 0.05) is 24.2 Å². The molecule has 2 aromatic rings. The second-order valence-electron chi connectivity index (χ2n) is 10.6. The number of ketones is 1. The van der Waals surface area contributed by atoms with Crippen LogP contribution in [0.1, 0.15) is 24.8 Å². The molecule has 5 atom stereocenters. The van der Waals surface area contributed by atoms with Gasteiger partial charge in [-0.3, -0.25) is 14.3 Å². The number of sulfonamides is 2. The molecule has 1 unspecified atom stereocenters. The lowest BCUT2D eigenvalue weighted by molar-refractivity contribution is -0.153. The molecule has 206 valence electrons. The zero-order valence-corrected chi connectivity index (χ0v) is 23.0. The number of hydrogen-bond donors (Lipinski definition) is 2. The molecule has 1 saturated heterocycles. The van der Waals surface area contributed by atoms with Crippen LogP contribution < -0.4 is 10.0 Å². The maximum absolute atomic E-state index is 13.9. The van der Waals surface area contributed by atoms with Crippen molar-refractivity contribution >= 4 is 60.5 Å². The number of amides is 1. The van der Waals surface area contributed by atoms with Gasteiger partial charge >= 0.3 is 0 Å². The number of carbonyl (C=O) groups is 2. The number of hydrogen-bond acceptors (Lipinski definition) is 7. The third kappa shape index (κ3) is 4.49. The first kappa shape index (κ1) is 26.2. The highest BCUT2D eigenvalue weighted by Gasteiger charge is 2.60. The molecule has 0 aromatic heterocycles. The molecule has 2 bridgehead atoms. The molecule has 2 aliphatic heterocycles. The van der Waals surface area contributed by atoms with E-state index in [-0.39, 0.29) is 57.3 Å². The molecule has 2 aliphatic carbocycles. The quantitative estimate of drug-likeness (QED) is 0.507. The van der Waals surface area contributed by atoms with Crippen LogP contribution in [0.3, 0.4) is 0 Å². The summed E-state index contributed by atoms with van der Waals surface area (Å²) in [5.74, 6) is -3.49. The van der Waals surface area contributed by atoms with Crippen LogP contribution >= 0.6 is 11.6 Å². The molecule has 4 aliphatic rings. The summed E-state index contributed by atoms with van der Waals surface area (Å²) < 4.78 is 69.3. The Kier molecular flexibility index (Phi) is 6.05. The van der Waals surface area contributed by atoms with Gasteiger partial charge in [0.1, 0.15) is 16.5 Å². The van der Waals surface area contributed by atoms with Crippen LogP contribution in [-0.4, -0.2) is 51.6 Å². The van der Waals surface area contributed by atoms with Crippen LogP contribution in [0, 0.1) is 29.5 Å². The molecule has 6 rings (SSSR count). The summed E-state index contributed by atoms with van der Waals surface area (Å²) in [6, 6.07) is 7.70. The molecule has 1 amide bonds. The first-order valence-electron chi connectivity index (χ1n) is 12.3. The van der Waals surface area contributed by atoms with Gasteiger partial charge in [0.2, 0.25) is 15.9 Å². The Morgan fingerprint density at radius 2 is 1.90 bits per heavy atom. The highest BCUT2D eigenvalue weighted by Crippen LogP contribution is 2.54. The molecular weight excluding hydrogens is 571 g/mol. The van der Waals surface area contributed by atoms with Gasteiger partial charge in [0.05, 0.1) is 17.0 Å².